The van der Waals surface area contributed by atoms with Crippen molar-refractivity contribution in [2.45, 2.75) is 10.9 Å². The number of primary sulfonamides is 1. The second-order valence-electron chi connectivity index (χ2n) is 6.98. The molecule has 1 atom stereocenters. The lowest BCUT2D eigenvalue weighted by Gasteiger charge is -2.18. The molecule has 0 bridgehead atoms. The van der Waals surface area contributed by atoms with Crippen LogP contribution in [0.1, 0.15) is 5.56 Å². The number of nitrogens with two attached hydrogens (primary N) is 2. The van der Waals surface area contributed by atoms with Crippen LogP contribution in [-0.2, 0) is 14.8 Å². The van der Waals surface area contributed by atoms with Gasteiger partial charge in [0.15, 0.2) is 0 Å². The number of hydrogen-bond donors (Lipinski definition) is 6. The van der Waals surface area contributed by atoms with Gasteiger partial charge in [0.1, 0.15) is 11.9 Å². The predicted molar refractivity (Wildman–Crippen MR) is 124 cm³/mol. The molecule has 0 aliphatic heterocycles. The van der Waals surface area contributed by atoms with E-state index in [9.17, 15) is 18.3 Å². The first-order valence-electron chi connectivity index (χ1n) is 9.54. The van der Waals surface area contributed by atoms with Crippen LogP contribution in [0.15, 0.2) is 77.7 Å². The molecule has 3 aromatic carbocycles. The molecule has 9 nitrogen and oxygen atoms in total. The summed E-state index contributed by atoms with van der Waals surface area (Å²) in [7, 11) is -3.89. The zero-order valence-electron chi connectivity index (χ0n) is 16.9. The molecule has 0 radical (unpaired) electrons. The number of aliphatic hydroxyl groups is 1. The average Bonchev–Trinajstić information content (AvgIpc) is 2.77. The number of nitrogen functional groups attached to an aromatic ring is 1. The Balaban J connectivity index is 1.74. The van der Waals surface area contributed by atoms with Crippen molar-refractivity contribution in [1.82, 2.24) is 0 Å². The van der Waals surface area contributed by atoms with Gasteiger partial charge in [-0.2, -0.15) is 0 Å². The number of hydrogen-bond acceptors (Lipinski definition) is 6. The van der Waals surface area contributed by atoms with Gasteiger partial charge in [0, 0.05) is 22.5 Å². The normalized spacial score (nSPS) is 12.1. The first-order valence-corrected chi connectivity index (χ1v) is 11.1. The van der Waals surface area contributed by atoms with Gasteiger partial charge in [-0.25, -0.2) is 13.6 Å². The summed E-state index contributed by atoms with van der Waals surface area (Å²) in [5.41, 5.74) is 8.03. The van der Waals surface area contributed by atoms with Gasteiger partial charge in [0.05, 0.1) is 11.5 Å². The van der Waals surface area contributed by atoms with Crippen molar-refractivity contribution < 1.29 is 18.3 Å². The van der Waals surface area contributed by atoms with Crippen molar-refractivity contribution in [2.75, 3.05) is 17.2 Å². The van der Waals surface area contributed by atoms with Crippen LogP contribution < -0.4 is 21.5 Å². The molecule has 32 heavy (non-hydrogen) atoms. The predicted octanol–water partition coefficient (Wildman–Crippen LogP) is 1.70. The van der Waals surface area contributed by atoms with E-state index < -0.39 is 28.6 Å². The number of sulfonamides is 1. The van der Waals surface area contributed by atoms with Crippen LogP contribution in [0.4, 0.5) is 11.4 Å². The standard InChI is InChI=1S/C22H23N5O4S/c23-21(24)15-4-3-5-17(12-15)26-19(13-28)22(29)27-16-10-8-14(9-11-16)18-6-1-2-7-20(18)32(25,30)31/h1-12,19,26,28H,13H2,(H3,23,24)(H,27,29)(H2,25,30,31)/t19-/m0/s1. The van der Waals surface area contributed by atoms with E-state index in [1.54, 1.807) is 66.7 Å². The fraction of sp³-hybridized carbons (Fsp3) is 0.0909. The fourth-order valence-corrected chi connectivity index (χ4v) is 3.85. The highest BCUT2D eigenvalue weighted by molar-refractivity contribution is 7.89. The minimum atomic E-state index is -3.89. The molecule has 0 unspecified atom stereocenters. The van der Waals surface area contributed by atoms with Crippen LogP contribution in [0.5, 0.6) is 0 Å². The van der Waals surface area contributed by atoms with Crippen LogP contribution in [0.3, 0.4) is 0 Å². The Hall–Kier alpha value is -3.73. The highest BCUT2D eigenvalue weighted by Gasteiger charge is 2.18. The average molecular weight is 454 g/mol. The second-order valence-corrected chi connectivity index (χ2v) is 8.51. The first-order chi connectivity index (χ1) is 15.2. The number of amidine groups is 1. The minimum absolute atomic E-state index is 0.00845. The van der Waals surface area contributed by atoms with Gasteiger partial charge in [-0.3, -0.25) is 10.2 Å². The van der Waals surface area contributed by atoms with Gasteiger partial charge in [-0.1, -0.05) is 42.5 Å². The summed E-state index contributed by atoms with van der Waals surface area (Å²) >= 11 is 0. The number of anilines is 2. The molecule has 0 aromatic heterocycles. The lowest BCUT2D eigenvalue weighted by atomic mass is 10.1. The third kappa shape index (κ3) is 5.49. The van der Waals surface area contributed by atoms with E-state index in [2.05, 4.69) is 10.6 Å². The molecule has 3 aromatic rings. The monoisotopic (exact) mass is 453 g/mol. The Morgan fingerprint density at radius 1 is 1.00 bits per heavy atom. The summed E-state index contributed by atoms with van der Waals surface area (Å²) < 4.78 is 23.7. The van der Waals surface area contributed by atoms with Gasteiger partial charge in [-0.15, -0.1) is 0 Å². The maximum Gasteiger partial charge on any atom is 0.249 e. The van der Waals surface area contributed by atoms with E-state index in [1.807, 2.05) is 0 Å². The molecule has 0 spiro atoms. The van der Waals surface area contributed by atoms with Gasteiger partial charge in [-0.05, 0) is 35.9 Å². The Bertz CT molecular complexity index is 1240. The molecule has 3 rings (SSSR count). The summed E-state index contributed by atoms with van der Waals surface area (Å²) in [5.74, 6) is -0.582. The van der Waals surface area contributed by atoms with Crippen molar-refractivity contribution in [1.29, 1.82) is 5.41 Å². The van der Waals surface area contributed by atoms with Crippen molar-refractivity contribution in [3.05, 3.63) is 78.4 Å². The summed E-state index contributed by atoms with van der Waals surface area (Å²) in [6.45, 7) is -0.462. The minimum Gasteiger partial charge on any atom is -0.394 e. The molecular weight excluding hydrogens is 430 g/mol. The molecule has 0 saturated heterocycles. The van der Waals surface area contributed by atoms with E-state index in [4.69, 9.17) is 16.3 Å². The third-order valence-electron chi connectivity index (χ3n) is 4.67. The largest absolute Gasteiger partial charge is 0.394 e. The SMILES string of the molecule is N=C(N)c1cccc(N[C@@H](CO)C(=O)Nc2ccc(-c3ccccc3S(N)(=O)=O)cc2)c1. The van der Waals surface area contributed by atoms with Crippen LogP contribution >= 0.6 is 0 Å². The van der Waals surface area contributed by atoms with E-state index in [0.717, 1.165) is 0 Å². The van der Waals surface area contributed by atoms with Crippen molar-refractivity contribution in [3.63, 3.8) is 0 Å². The maximum absolute atomic E-state index is 12.6. The zero-order valence-corrected chi connectivity index (χ0v) is 17.8. The Morgan fingerprint density at radius 2 is 1.69 bits per heavy atom. The van der Waals surface area contributed by atoms with Crippen LogP contribution in [0.25, 0.3) is 11.1 Å². The smallest absolute Gasteiger partial charge is 0.249 e. The second kappa shape index (κ2) is 9.60. The van der Waals surface area contributed by atoms with E-state index in [-0.39, 0.29) is 10.7 Å². The Morgan fingerprint density at radius 3 is 2.31 bits per heavy atom. The van der Waals surface area contributed by atoms with Crippen molar-refractivity contribution >= 4 is 33.1 Å². The van der Waals surface area contributed by atoms with Gasteiger partial charge in [0.25, 0.3) is 0 Å². The molecular formula is C22H23N5O4S. The molecule has 0 fully saturated rings. The van der Waals surface area contributed by atoms with Crippen LogP contribution in [0.2, 0.25) is 0 Å². The van der Waals surface area contributed by atoms with Crippen LogP contribution in [0, 0.1) is 5.41 Å². The number of carbonyl (C=O) groups is 1. The summed E-state index contributed by atoms with van der Waals surface area (Å²) in [6.07, 6.45) is 0. The van der Waals surface area contributed by atoms with Gasteiger partial charge < -0.3 is 21.5 Å². The molecule has 8 N–H and O–H groups in total. The number of aliphatic hydroxyl groups excluding tert-OH is 1. The quantitative estimate of drug-likeness (QED) is 0.224. The van der Waals surface area contributed by atoms with E-state index >= 15 is 0 Å². The lowest BCUT2D eigenvalue weighted by molar-refractivity contribution is -0.117. The number of benzene rings is 3. The first kappa shape index (κ1) is 22.9. The van der Waals surface area contributed by atoms with E-state index in [1.165, 1.54) is 6.07 Å². The third-order valence-corrected chi connectivity index (χ3v) is 5.64. The topological polar surface area (TPSA) is 171 Å². The Kier molecular flexibility index (Phi) is 6.89. The van der Waals surface area contributed by atoms with Crippen molar-refractivity contribution in [2.24, 2.45) is 10.9 Å². The summed E-state index contributed by atoms with van der Waals surface area (Å²) in [5, 5.41) is 28.1. The van der Waals surface area contributed by atoms with Crippen molar-refractivity contribution in [3.8, 4) is 11.1 Å². The highest BCUT2D eigenvalue weighted by atomic mass is 32.2. The number of carbonyl (C=O) groups excluding carboxylic acids is 1. The molecule has 0 saturated carbocycles. The maximum atomic E-state index is 12.6. The molecule has 10 heteroatoms. The highest BCUT2D eigenvalue weighted by Crippen LogP contribution is 2.27. The Labute approximate surface area is 185 Å². The summed E-state index contributed by atoms with van der Waals surface area (Å²) in [6, 6.07) is 18.7. The lowest BCUT2D eigenvalue weighted by Crippen LogP contribution is -2.37. The molecule has 0 aliphatic carbocycles. The molecule has 0 aliphatic rings. The number of rotatable bonds is 8. The molecule has 166 valence electrons. The molecule has 1 amide bonds. The van der Waals surface area contributed by atoms with Gasteiger partial charge >= 0.3 is 0 Å². The zero-order chi connectivity index (χ0) is 23.3. The van der Waals surface area contributed by atoms with Crippen LogP contribution in [-0.4, -0.2) is 37.9 Å². The fourth-order valence-electron chi connectivity index (χ4n) is 3.09. The van der Waals surface area contributed by atoms with Gasteiger partial charge in [0.2, 0.25) is 15.9 Å². The summed E-state index contributed by atoms with van der Waals surface area (Å²) in [4.78, 5) is 12.6. The number of nitrogens with one attached hydrogen (secondary N) is 3. The van der Waals surface area contributed by atoms with E-state index in [0.29, 0.717) is 28.1 Å². The number of amides is 1. The molecule has 0 heterocycles.